The van der Waals surface area contributed by atoms with Crippen LogP contribution in [0.1, 0.15) is 5.56 Å². The van der Waals surface area contributed by atoms with E-state index < -0.39 is 0 Å². The Bertz CT molecular complexity index is 1190. The quantitative estimate of drug-likeness (QED) is 0.442. The van der Waals surface area contributed by atoms with E-state index in [9.17, 15) is 4.39 Å². The number of hydrogen-bond acceptors (Lipinski definition) is 8. The number of rotatable bonds is 8. The molecule has 9 heteroatoms. The predicted octanol–water partition coefficient (Wildman–Crippen LogP) is 3.97. The number of aromatic nitrogens is 4. The van der Waals surface area contributed by atoms with Gasteiger partial charge in [-0.25, -0.2) is 14.4 Å². The molecule has 0 atom stereocenters. The Morgan fingerprint density at radius 1 is 0.903 bits per heavy atom. The molecule has 0 aliphatic carbocycles. The molecule has 0 bridgehead atoms. The number of hydrogen-bond donors (Lipinski definition) is 2. The Kier molecular flexibility index (Phi) is 6.02. The first kappa shape index (κ1) is 20.3. The van der Waals surface area contributed by atoms with E-state index in [-0.39, 0.29) is 5.82 Å². The summed E-state index contributed by atoms with van der Waals surface area (Å²) < 4.78 is 23.8. The van der Waals surface area contributed by atoms with Crippen molar-refractivity contribution in [2.45, 2.75) is 6.42 Å². The molecule has 0 spiro atoms. The molecule has 8 nitrogen and oxygen atoms in total. The van der Waals surface area contributed by atoms with Crippen LogP contribution >= 0.6 is 0 Å². The standard InChI is InChI=1S/C22H21FN6O2/c1-30-17-8-3-14(13-18(17)31-2)9-10-26-22-28-20-19(24-11-12-25-20)21(29-22)27-16-6-4-15(23)5-7-16/h3-8,11-13H,9-10H2,1-2H3,(H2,25,26,27,28,29). The molecule has 0 radical (unpaired) electrons. The van der Waals surface area contributed by atoms with Gasteiger partial charge in [-0.1, -0.05) is 6.07 Å². The summed E-state index contributed by atoms with van der Waals surface area (Å²) >= 11 is 0. The smallest absolute Gasteiger partial charge is 0.226 e. The van der Waals surface area contributed by atoms with Crippen LogP contribution in [-0.2, 0) is 6.42 Å². The van der Waals surface area contributed by atoms with Crippen LogP contribution in [0.3, 0.4) is 0 Å². The lowest BCUT2D eigenvalue weighted by Gasteiger charge is -2.12. The molecule has 0 fully saturated rings. The summed E-state index contributed by atoms with van der Waals surface area (Å²) in [5.74, 6) is 1.96. The van der Waals surface area contributed by atoms with Gasteiger partial charge in [0.25, 0.3) is 0 Å². The highest BCUT2D eigenvalue weighted by atomic mass is 19.1. The van der Waals surface area contributed by atoms with E-state index in [1.807, 2.05) is 18.2 Å². The second kappa shape index (κ2) is 9.21. The molecule has 2 N–H and O–H groups in total. The lowest BCUT2D eigenvalue weighted by molar-refractivity contribution is 0.354. The third-order valence-corrected chi connectivity index (χ3v) is 4.58. The van der Waals surface area contributed by atoms with Gasteiger partial charge in [0.2, 0.25) is 5.95 Å². The van der Waals surface area contributed by atoms with Crippen LogP contribution in [0.5, 0.6) is 11.5 Å². The van der Waals surface area contributed by atoms with Gasteiger partial charge in [0.05, 0.1) is 14.2 Å². The fraction of sp³-hybridized carbons (Fsp3) is 0.182. The molecule has 2 heterocycles. The minimum atomic E-state index is -0.310. The number of methoxy groups -OCH3 is 2. The van der Waals surface area contributed by atoms with E-state index >= 15 is 0 Å². The van der Waals surface area contributed by atoms with Crippen LogP contribution < -0.4 is 20.1 Å². The summed E-state index contributed by atoms with van der Waals surface area (Å²) in [4.78, 5) is 17.6. The minimum Gasteiger partial charge on any atom is -0.493 e. The van der Waals surface area contributed by atoms with Crippen LogP contribution in [0.4, 0.5) is 21.8 Å². The van der Waals surface area contributed by atoms with E-state index in [0.717, 1.165) is 12.0 Å². The monoisotopic (exact) mass is 420 g/mol. The first-order valence-corrected chi connectivity index (χ1v) is 9.62. The van der Waals surface area contributed by atoms with Gasteiger partial charge in [0, 0.05) is 24.6 Å². The van der Waals surface area contributed by atoms with E-state index in [1.54, 1.807) is 38.7 Å². The van der Waals surface area contributed by atoms with Crippen LogP contribution in [0.15, 0.2) is 54.9 Å². The zero-order valence-corrected chi connectivity index (χ0v) is 17.1. The summed E-state index contributed by atoms with van der Waals surface area (Å²) in [5.41, 5.74) is 2.74. The van der Waals surface area contributed by atoms with E-state index in [0.29, 0.717) is 46.7 Å². The Labute approximate surface area is 178 Å². The Morgan fingerprint density at radius 2 is 1.68 bits per heavy atom. The van der Waals surface area contributed by atoms with Gasteiger partial charge >= 0.3 is 0 Å². The third-order valence-electron chi connectivity index (χ3n) is 4.58. The number of ether oxygens (including phenoxy) is 2. The normalized spacial score (nSPS) is 10.7. The molecule has 158 valence electrons. The average Bonchev–Trinajstić information content (AvgIpc) is 2.80. The van der Waals surface area contributed by atoms with Crippen molar-refractivity contribution in [2.75, 3.05) is 31.4 Å². The minimum absolute atomic E-state index is 0.310. The van der Waals surface area contributed by atoms with Gasteiger partial charge in [0.1, 0.15) is 5.82 Å². The van der Waals surface area contributed by atoms with Crippen molar-refractivity contribution in [3.05, 3.63) is 66.2 Å². The van der Waals surface area contributed by atoms with Gasteiger partial charge in [-0.2, -0.15) is 9.97 Å². The van der Waals surface area contributed by atoms with Gasteiger partial charge in [-0.05, 0) is 48.4 Å². The Balaban J connectivity index is 1.52. The maximum Gasteiger partial charge on any atom is 0.226 e. The van der Waals surface area contributed by atoms with Crippen molar-refractivity contribution in [3.8, 4) is 11.5 Å². The number of anilines is 3. The highest BCUT2D eigenvalue weighted by molar-refractivity contribution is 5.85. The number of fused-ring (bicyclic) bond motifs is 1. The number of halogens is 1. The molecule has 4 rings (SSSR count). The molecular formula is C22H21FN6O2. The van der Waals surface area contributed by atoms with Crippen molar-refractivity contribution < 1.29 is 13.9 Å². The summed E-state index contributed by atoms with van der Waals surface area (Å²) in [7, 11) is 3.22. The van der Waals surface area contributed by atoms with E-state index in [4.69, 9.17) is 9.47 Å². The fourth-order valence-electron chi connectivity index (χ4n) is 3.05. The van der Waals surface area contributed by atoms with Crippen molar-refractivity contribution in [3.63, 3.8) is 0 Å². The molecule has 0 saturated carbocycles. The average molecular weight is 420 g/mol. The maximum atomic E-state index is 13.2. The lowest BCUT2D eigenvalue weighted by atomic mass is 10.1. The number of benzene rings is 2. The summed E-state index contributed by atoms with van der Waals surface area (Å²) in [6.45, 7) is 0.594. The molecule has 0 aliphatic heterocycles. The van der Waals surface area contributed by atoms with Crippen LogP contribution in [-0.4, -0.2) is 40.7 Å². The molecule has 0 saturated heterocycles. The summed E-state index contributed by atoms with van der Waals surface area (Å²) in [6.07, 6.45) is 3.87. The van der Waals surface area contributed by atoms with Crippen molar-refractivity contribution in [1.82, 2.24) is 19.9 Å². The Morgan fingerprint density at radius 3 is 2.45 bits per heavy atom. The molecule has 0 unspecified atom stereocenters. The van der Waals surface area contributed by atoms with Gasteiger partial charge in [-0.15, -0.1) is 0 Å². The molecule has 4 aromatic rings. The van der Waals surface area contributed by atoms with Gasteiger partial charge < -0.3 is 20.1 Å². The van der Waals surface area contributed by atoms with Crippen molar-refractivity contribution in [1.29, 1.82) is 0 Å². The topological polar surface area (TPSA) is 94.1 Å². The summed E-state index contributed by atoms with van der Waals surface area (Å²) in [5, 5.41) is 6.38. The van der Waals surface area contributed by atoms with Crippen molar-refractivity contribution >= 4 is 28.6 Å². The molecule has 2 aromatic heterocycles. The number of nitrogens with zero attached hydrogens (tertiary/aromatic N) is 4. The predicted molar refractivity (Wildman–Crippen MR) is 117 cm³/mol. The van der Waals surface area contributed by atoms with Crippen molar-refractivity contribution in [2.24, 2.45) is 0 Å². The Hall–Kier alpha value is -4.01. The number of nitrogens with one attached hydrogen (secondary N) is 2. The second-order valence-electron chi connectivity index (χ2n) is 6.62. The van der Waals surface area contributed by atoms with Crippen LogP contribution in [0, 0.1) is 5.82 Å². The van der Waals surface area contributed by atoms with Crippen LogP contribution in [0.25, 0.3) is 11.2 Å². The summed E-state index contributed by atoms with van der Waals surface area (Å²) in [6, 6.07) is 11.8. The van der Waals surface area contributed by atoms with Gasteiger partial charge in [-0.3, -0.25) is 0 Å². The van der Waals surface area contributed by atoms with E-state index in [2.05, 4.69) is 30.6 Å². The fourth-order valence-corrected chi connectivity index (χ4v) is 3.05. The maximum absolute atomic E-state index is 13.2. The van der Waals surface area contributed by atoms with E-state index in [1.165, 1.54) is 12.1 Å². The third kappa shape index (κ3) is 4.77. The molecule has 31 heavy (non-hydrogen) atoms. The second-order valence-corrected chi connectivity index (χ2v) is 6.62. The molecular weight excluding hydrogens is 399 g/mol. The molecule has 0 aliphatic rings. The molecule has 2 aromatic carbocycles. The highest BCUT2D eigenvalue weighted by Crippen LogP contribution is 2.28. The molecule has 0 amide bonds. The SMILES string of the molecule is COc1ccc(CCNc2nc(Nc3ccc(F)cc3)c3nccnc3n2)cc1OC. The lowest BCUT2D eigenvalue weighted by Crippen LogP contribution is -2.10. The zero-order chi connectivity index (χ0) is 21.6. The zero-order valence-electron chi connectivity index (χ0n) is 17.1. The van der Waals surface area contributed by atoms with Gasteiger partial charge in [0.15, 0.2) is 28.5 Å². The highest BCUT2D eigenvalue weighted by Gasteiger charge is 2.11. The first-order chi connectivity index (χ1) is 15.2. The first-order valence-electron chi connectivity index (χ1n) is 9.62. The van der Waals surface area contributed by atoms with Crippen LogP contribution in [0.2, 0.25) is 0 Å². The largest absolute Gasteiger partial charge is 0.493 e.